The predicted molar refractivity (Wildman–Crippen MR) is 59.1 cm³/mol. The third-order valence-corrected chi connectivity index (χ3v) is 1.98. The van der Waals surface area contributed by atoms with Gasteiger partial charge in [-0.05, 0) is 12.1 Å². The SMILES string of the molecule is COc1ccc(OCC(=O)CN)cc1OC. The first-order valence-corrected chi connectivity index (χ1v) is 4.78. The fraction of sp³-hybridized carbons (Fsp3) is 0.364. The zero-order valence-electron chi connectivity index (χ0n) is 9.36. The van der Waals surface area contributed by atoms with Gasteiger partial charge in [-0.15, -0.1) is 0 Å². The average Bonchev–Trinajstić information content (AvgIpc) is 2.35. The summed E-state index contributed by atoms with van der Waals surface area (Å²) in [6, 6.07) is 5.06. The number of Topliss-reactive ketones (excluding diaryl/α,β-unsaturated/α-hetero) is 1. The van der Waals surface area contributed by atoms with E-state index in [1.54, 1.807) is 25.3 Å². The van der Waals surface area contributed by atoms with E-state index in [0.29, 0.717) is 17.2 Å². The third-order valence-electron chi connectivity index (χ3n) is 1.98. The molecule has 0 bridgehead atoms. The molecule has 0 amide bonds. The Kier molecular flexibility index (Phi) is 4.60. The van der Waals surface area contributed by atoms with Crippen LogP contribution in [0.4, 0.5) is 0 Å². The number of nitrogens with two attached hydrogens (primary N) is 1. The normalized spacial score (nSPS) is 9.69. The predicted octanol–water partition coefficient (Wildman–Crippen LogP) is 0.610. The van der Waals surface area contributed by atoms with Crippen LogP contribution in [0.1, 0.15) is 0 Å². The molecule has 0 aliphatic carbocycles. The highest BCUT2D eigenvalue weighted by molar-refractivity contribution is 5.81. The van der Waals surface area contributed by atoms with Crippen molar-refractivity contribution >= 4 is 5.78 Å². The summed E-state index contributed by atoms with van der Waals surface area (Å²) < 4.78 is 15.4. The zero-order valence-corrected chi connectivity index (χ0v) is 9.36. The van der Waals surface area contributed by atoms with Crippen LogP contribution in [0.25, 0.3) is 0 Å². The Morgan fingerprint density at radius 1 is 1.25 bits per heavy atom. The molecule has 1 aromatic rings. The van der Waals surface area contributed by atoms with Crippen LogP contribution in [0.5, 0.6) is 17.2 Å². The first-order valence-electron chi connectivity index (χ1n) is 4.78. The molecule has 1 rings (SSSR count). The number of carbonyl (C=O) groups is 1. The molecular formula is C11H15NO4. The number of carbonyl (C=O) groups excluding carboxylic acids is 1. The van der Waals surface area contributed by atoms with Crippen molar-refractivity contribution in [2.45, 2.75) is 0 Å². The molecular weight excluding hydrogens is 210 g/mol. The quantitative estimate of drug-likeness (QED) is 0.768. The van der Waals surface area contributed by atoms with Crippen LogP contribution in [-0.4, -0.2) is 33.2 Å². The van der Waals surface area contributed by atoms with E-state index in [1.165, 1.54) is 7.11 Å². The number of hydrogen-bond donors (Lipinski definition) is 1. The molecule has 5 heteroatoms. The van der Waals surface area contributed by atoms with Gasteiger partial charge in [-0.1, -0.05) is 0 Å². The van der Waals surface area contributed by atoms with Crippen LogP contribution in [0.15, 0.2) is 18.2 Å². The molecule has 0 atom stereocenters. The maximum Gasteiger partial charge on any atom is 0.183 e. The number of hydrogen-bond acceptors (Lipinski definition) is 5. The summed E-state index contributed by atoms with van der Waals surface area (Å²) in [5.74, 6) is 1.55. The number of ether oxygens (including phenoxy) is 3. The molecule has 0 radical (unpaired) electrons. The van der Waals surface area contributed by atoms with Crippen LogP contribution in [0.2, 0.25) is 0 Å². The Balaban J connectivity index is 2.71. The second kappa shape index (κ2) is 5.97. The summed E-state index contributed by atoms with van der Waals surface area (Å²) >= 11 is 0. The molecule has 0 saturated carbocycles. The average molecular weight is 225 g/mol. The van der Waals surface area contributed by atoms with E-state index >= 15 is 0 Å². The number of ketones is 1. The van der Waals surface area contributed by atoms with Crippen LogP contribution in [0, 0.1) is 0 Å². The Bertz CT molecular complexity index is 365. The Morgan fingerprint density at radius 3 is 2.50 bits per heavy atom. The third kappa shape index (κ3) is 3.13. The van der Waals surface area contributed by atoms with Crippen molar-refractivity contribution in [2.75, 3.05) is 27.4 Å². The molecule has 0 spiro atoms. The monoisotopic (exact) mass is 225 g/mol. The standard InChI is InChI=1S/C11H15NO4/c1-14-10-4-3-9(5-11(10)15-2)16-7-8(13)6-12/h3-5H,6-7,12H2,1-2H3. The van der Waals surface area contributed by atoms with Crippen molar-refractivity contribution in [3.63, 3.8) is 0 Å². The molecule has 0 aromatic heterocycles. The Labute approximate surface area is 94.1 Å². The lowest BCUT2D eigenvalue weighted by Gasteiger charge is -2.10. The van der Waals surface area contributed by atoms with Crippen molar-refractivity contribution in [3.8, 4) is 17.2 Å². The second-order valence-electron chi connectivity index (χ2n) is 3.05. The minimum atomic E-state index is -0.158. The van der Waals surface area contributed by atoms with E-state index in [1.807, 2.05) is 0 Å². The fourth-order valence-electron chi connectivity index (χ4n) is 1.13. The summed E-state index contributed by atoms with van der Waals surface area (Å²) in [4.78, 5) is 11.0. The van der Waals surface area contributed by atoms with E-state index in [0.717, 1.165) is 0 Å². The van der Waals surface area contributed by atoms with Crippen LogP contribution < -0.4 is 19.9 Å². The topological polar surface area (TPSA) is 70.8 Å². The molecule has 0 heterocycles. The van der Waals surface area contributed by atoms with Gasteiger partial charge in [-0.2, -0.15) is 0 Å². The molecule has 0 aliphatic heterocycles. The van der Waals surface area contributed by atoms with Crippen molar-refractivity contribution in [2.24, 2.45) is 5.73 Å². The van der Waals surface area contributed by atoms with Gasteiger partial charge in [0.1, 0.15) is 12.4 Å². The molecule has 2 N–H and O–H groups in total. The van der Waals surface area contributed by atoms with Gasteiger partial charge in [0.15, 0.2) is 17.3 Å². The summed E-state index contributed by atoms with van der Waals surface area (Å²) in [5.41, 5.74) is 5.16. The molecule has 0 saturated heterocycles. The number of methoxy groups -OCH3 is 2. The van der Waals surface area contributed by atoms with Gasteiger partial charge in [0.2, 0.25) is 0 Å². The lowest BCUT2D eigenvalue weighted by molar-refractivity contribution is -0.119. The van der Waals surface area contributed by atoms with Crippen molar-refractivity contribution < 1.29 is 19.0 Å². The van der Waals surface area contributed by atoms with E-state index < -0.39 is 0 Å². The smallest absolute Gasteiger partial charge is 0.183 e. The molecule has 1 aromatic carbocycles. The van der Waals surface area contributed by atoms with E-state index in [-0.39, 0.29) is 18.9 Å². The van der Waals surface area contributed by atoms with Crippen molar-refractivity contribution in [3.05, 3.63) is 18.2 Å². The maximum atomic E-state index is 11.0. The van der Waals surface area contributed by atoms with Gasteiger partial charge in [0.25, 0.3) is 0 Å². The minimum absolute atomic E-state index is 0.0205. The Hall–Kier alpha value is -1.75. The highest BCUT2D eigenvalue weighted by Gasteiger charge is 2.06. The first-order chi connectivity index (χ1) is 7.71. The fourth-order valence-corrected chi connectivity index (χ4v) is 1.13. The zero-order chi connectivity index (χ0) is 12.0. The van der Waals surface area contributed by atoms with Gasteiger partial charge < -0.3 is 19.9 Å². The lowest BCUT2D eigenvalue weighted by atomic mass is 10.3. The van der Waals surface area contributed by atoms with Gasteiger partial charge in [0.05, 0.1) is 20.8 Å². The molecule has 16 heavy (non-hydrogen) atoms. The Morgan fingerprint density at radius 2 is 1.94 bits per heavy atom. The molecule has 5 nitrogen and oxygen atoms in total. The first kappa shape index (κ1) is 12.3. The summed E-state index contributed by atoms with van der Waals surface area (Å²) in [6.45, 7) is -0.0563. The summed E-state index contributed by atoms with van der Waals surface area (Å²) in [5, 5.41) is 0. The van der Waals surface area contributed by atoms with E-state index in [4.69, 9.17) is 19.9 Å². The number of rotatable bonds is 6. The summed E-state index contributed by atoms with van der Waals surface area (Å²) in [7, 11) is 3.09. The van der Waals surface area contributed by atoms with E-state index in [9.17, 15) is 4.79 Å². The molecule has 88 valence electrons. The van der Waals surface area contributed by atoms with Crippen LogP contribution in [0.3, 0.4) is 0 Å². The van der Waals surface area contributed by atoms with Gasteiger partial charge in [-0.25, -0.2) is 0 Å². The largest absolute Gasteiger partial charge is 0.493 e. The summed E-state index contributed by atoms with van der Waals surface area (Å²) in [6.07, 6.45) is 0. The molecule has 0 unspecified atom stereocenters. The van der Waals surface area contributed by atoms with Crippen LogP contribution in [-0.2, 0) is 4.79 Å². The van der Waals surface area contributed by atoms with Gasteiger partial charge in [-0.3, -0.25) is 4.79 Å². The highest BCUT2D eigenvalue weighted by Crippen LogP contribution is 2.30. The maximum absolute atomic E-state index is 11.0. The lowest BCUT2D eigenvalue weighted by Crippen LogP contribution is -2.20. The molecule has 0 aliphatic rings. The van der Waals surface area contributed by atoms with Crippen LogP contribution >= 0.6 is 0 Å². The van der Waals surface area contributed by atoms with Crippen molar-refractivity contribution in [1.82, 2.24) is 0 Å². The van der Waals surface area contributed by atoms with Gasteiger partial charge >= 0.3 is 0 Å². The molecule has 0 fully saturated rings. The van der Waals surface area contributed by atoms with Crippen molar-refractivity contribution in [1.29, 1.82) is 0 Å². The second-order valence-corrected chi connectivity index (χ2v) is 3.05. The minimum Gasteiger partial charge on any atom is -0.493 e. The number of benzene rings is 1. The highest BCUT2D eigenvalue weighted by atomic mass is 16.5. The van der Waals surface area contributed by atoms with E-state index in [2.05, 4.69) is 0 Å². The van der Waals surface area contributed by atoms with Gasteiger partial charge in [0, 0.05) is 6.07 Å².